The van der Waals surface area contributed by atoms with Crippen LogP contribution < -0.4 is 5.32 Å². The van der Waals surface area contributed by atoms with Crippen molar-refractivity contribution < 1.29 is 13.2 Å². The molecule has 134 valence electrons. The molecule has 24 heavy (non-hydrogen) atoms. The Morgan fingerprint density at radius 3 is 2.33 bits per heavy atom. The van der Waals surface area contributed by atoms with Gasteiger partial charge in [-0.15, -0.1) is 0 Å². The highest BCUT2D eigenvalue weighted by Crippen LogP contribution is 2.22. The van der Waals surface area contributed by atoms with Crippen LogP contribution in [0.5, 0.6) is 0 Å². The number of benzene rings is 1. The van der Waals surface area contributed by atoms with Gasteiger partial charge in [-0.25, -0.2) is 8.42 Å². The largest absolute Gasteiger partial charge is 0.353 e. The summed E-state index contributed by atoms with van der Waals surface area (Å²) in [5.41, 5.74) is 1.82. The standard InChI is InChI=1S/C17H27N3O3S/c1-13(2)18-17(21)12-19-7-9-20(10-8-19)24(22,23)16-6-5-14(3)11-15(16)4/h5-6,11,13H,7-10,12H2,1-4H3,(H,18,21). The van der Waals surface area contributed by atoms with E-state index in [1.807, 2.05) is 44.7 Å². The van der Waals surface area contributed by atoms with Gasteiger partial charge in [-0.2, -0.15) is 4.31 Å². The van der Waals surface area contributed by atoms with Crippen LogP contribution in [0.3, 0.4) is 0 Å². The van der Waals surface area contributed by atoms with E-state index in [2.05, 4.69) is 5.32 Å². The third-order valence-electron chi connectivity index (χ3n) is 4.10. The zero-order chi connectivity index (χ0) is 17.9. The van der Waals surface area contributed by atoms with Crippen molar-refractivity contribution in [2.24, 2.45) is 0 Å². The van der Waals surface area contributed by atoms with Gasteiger partial charge < -0.3 is 5.32 Å². The van der Waals surface area contributed by atoms with E-state index in [9.17, 15) is 13.2 Å². The lowest BCUT2D eigenvalue weighted by atomic mass is 10.2. The topological polar surface area (TPSA) is 69.7 Å². The van der Waals surface area contributed by atoms with Crippen molar-refractivity contribution in [1.29, 1.82) is 0 Å². The predicted octanol–water partition coefficient (Wildman–Crippen LogP) is 1.13. The predicted molar refractivity (Wildman–Crippen MR) is 94.4 cm³/mol. The molecule has 0 aliphatic carbocycles. The van der Waals surface area contributed by atoms with Gasteiger partial charge in [0.15, 0.2) is 0 Å². The molecule has 1 aliphatic heterocycles. The molecule has 0 unspecified atom stereocenters. The Morgan fingerprint density at radius 1 is 1.17 bits per heavy atom. The molecule has 1 N–H and O–H groups in total. The lowest BCUT2D eigenvalue weighted by Gasteiger charge is -2.34. The second kappa shape index (κ2) is 7.63. The van der Waals surface area contributed by atoms with E-state index >= 15 is 0 Å². The Balaban J connectivity index is 1.99. The van der Waals surface area contributed by atoms with Crippen molar-refractivity contribution in [2.45, 2.75) is 38.6 Å². The van der Waals surface area contributed by atoms with E-state index in [1.165, 1.54) is 4.31 Å². The molecule has 0 aromatic heterocycles. The van der Waals surface area contributed by atoms with Crippen LogP contribution in [0.2, 0.25) is 0 Å². The number of aryl methyl sites for hydroxylation is 2. The Kier molecular flexibility index (Phi) is 6.01. The zero-order valence-electron chi connectivity index (χ0n) is 14.9. The number of carbonyl (C=O) groups excluding carboxylic acids is 1. The minimum absolute atomic E-state index is 0.0179. The van der Waals surface area contributed by atoms with E-state index in [0.29, 0.717) is 37.6 Å². The average Bonchev–Trinajstić information content (AvgIpc) is 2.46. The Labute approximate surface area is 144 Å². The van der Waals surface area contributed by atoms with Gasteiger partial charge >= 0.3 is 0 Å². The van der Waals surface area contributed by atoms with Crippen molar-refractivity contribution in [3.05, 3.63) is 29.3 Å². The molecule has 1 aromatic carbocycles. The van der Waals surface area contributed by atoms with Crippen LogP contribution in [0.25, 0.3) is 0 Å². The number of amides is 1. The summed E-state index contributed by atoms with van der Waals surface area (Å²) >= 11 is 0. The molecular weight excluding hydrogens is 326 g/mol. The fraction of sp³-hybridized carbons (Fsp3) is 0.588. The van der Waals surface area contributed by atoms with Crippen molar-refractivity contribution >= 4 is 15.9 Å². The number of carbonyl (C=O) groups is 1. The maximum atomic E-state index is 12.8. The Bertz CT molecular complexity index is 693. The smallest absolute Gasteiger partial charge is 0.243 e. The molecule has 7 heteroatoms. The van der Waals surface area contributed by atoms with Crippen molar-refractivity contribution in [1.82, 2.24) is 14.5 Å². The van der Waals surface area contributed by atoms with Gasteiger partial charge in [0.1, 0.15) is 0 Å². The van der Waals surface area contributed by atoms with E-state index in [0.717, 1.165) is 11.1 Å². The van der Waals surface area contributed by atoms with Gasteiger partial charge in [-0.05, 0) is 39.3 Å². The number of hydrogen-bond donors (Lipinski definition) is 1. The SMILES string of the molecule is Cc1ccc(S(=O)(=O)N2CCN(CC(=O)NC(C)C)CC2)c(C)c1. The molecular formula is C17H27N3O3S. The normalized spacial score (nSPS) is 17.2. The number of rotatable bonds is 5. The average molecular weight is 353 g/mol. The van der Waals surface area contributed by atoms with Crippen molar-refractivity contribution in [2.75, 3.05) is 32.7 Å². The second-order valence-electron chi connectivity index (χ2n) is 6.67. The van der Waals surface area contributed by atoms with Gasteiger partial charge in [-0.1, -0.05) is 17.7 Å². The third-order valence-corrected chi connectivity index (χ3v) is 6.16. The monoisotopic (exact) mass is 353 g/mol. The van der Waals surface area contributed by atoms with Gasteiger partial charge in [0.2, 0.25) is 15.9 Å². The summed E-state index contributed by atoms with van der Waals surface area (Å²) in [5.74, 6) is -0.0179. The molecule has 6 nitrogen and oxygen atoms in total. The minimum Gasteiger partial charge on any atom is -0.353 e. The first-order valence-electron chi connectivity index (χ1n) is 8.29. The number of piperazine rings is 1. The Hall–Kier alpha value is -1.44. The molecule has 0 atom stereocenters. The van der Waals surface area contributed by atoms with Crippen LogP contribution in [0.4, 0.5) is 0 Å². The highest BCUT2D eigenvalue weighted by Gasteiger charge is 2.30. The van der Waals surface area contributed by atoms with Crippen LogP contribution in [0, 0.1) is 13.8 Å². The van der Waals surface area contributed by atoms with E-state index in [1.54, 1.807) is 6.07 Å². The van der Waals surface area contributed by atoms with Crippen LogP contribution in [0.1, 0.15) is 25.0 Å². The minimum atomic E-state index is -3.47. The van der Waals surface area contributed by atoms with E-state index in [4.69, 9.17) is 0 Å². The molecule has 1 heterocycles. The number of nitrogens with zero attached hydrogens (tertiary/aromatic N) is 2. The molecule has 0 radical (unpaired) electrons. The molecule has 2 rings (SSSR count). The highest BCUT2D eigenvalue weighted by atomic mass is 32.2. The van der Waals surface area contributed by atoms with Crippen LogP contribution in [-0.2, 0) is 14.8 Å². The second-order valence-corrected chi connectivity index (χ2v) is 8.58. The van der Waals surface area contributed by atoms with E-state index < -0.39 is 10.0 Å². The molecule has 1 fully saturated rings. The quantitative estimate of drug-likeness (QED) is 0.862. The van der Waals surface area contributed by atoms with E-state index in [-0.39, 0.29) is 11.9 Å². The molecule has 1 aromatic rings. The fourth-order valence-corrected chi connectivity index (χ4v) is 4.55. The number of sulfonamides is 1. The summed E-state index contributed by atoms with van der Waals surface area (Å²) in [6.07, 6.45) is 0. The molecule has 1 saturated heterocycles. The van der Waals surface area contributed by atoms with Gasteiger partial charge in [0.25, 0.3) is 0 Å². The highest BCUT2D eigenvalue weighted by molar-refractivity contribution is 7.89. The first-order valence-corrected chi connectivity index (χ1v) is 9.73. The Morgan fingerprint density at radius 2 is 1.79 bits per heavy atom. The fourth-order valence-electron chi connectivity index (χ4n) is 2.93. The summed E-state index contributed by atoms with van der Waals surface area (Å²) in [4.78, 5) is 14.2. The lowest BCUT2D eigenvalue weighted by molar-refractivity contribution is -0.123. The third kappa shape index (κ3) is 4.55. The zero-order valence-corrected chi connectivity index (χ0v) is 15.7. The van der Waals surface area contributed by atoms with Crippen LogP contribution in [-0.4, -0.2) is 62.3 Å². The maximum Gasteiger partial charge on any atom is 0.243 e. The molecule has 1 aliphatic rings. The van der Waals surface area contributed by atoms with Crippen LogP contribution >= 0.6 is 0 Å². The van der Waals surface area contributed by atoms with Gasteiger partial charge in [-0.3, -0.25) is 9.69 Å². The van der Waals surface area contributed by atoms with Crippen molar-refractivity contribution in [3.8, 4) is 0 Å². The summed E-state index contributed by atoms with van der Waals surface area (Å²) < 4.78 is 27.2. The summed E-state index contributed by atoms with van der Waals surface area (Å²) in [7, 11) is -3.47. The summed E-state index contributed by atoms with van der Waals surface area (Å²) in [6, 6.07) is 5.51. The first kappa shape index (κ1) is 18.9. The molecule has 0 spiro atoms. The van der Waals surface area contributed by atoms with Gasteiger partial charge in [0, 0.05) is 32.2 Å². The molecule has 0 saturated carbocycles. The maximum absolute atomic E-state index is 12.8. The lowest BCUT2D eigenvalue weighted by Crippen LogP contribution is -2.51. The summed E-state index contributed by atoms with van der Waals surface area (Å²) in [6.45, 7) is 9.88. The molecule has 1 amide bonds. The first-order chi connectivity index (χ1) is 11.2. The van der Waals surface area contributed by atoms with Crippen molar-refractivity contribution in [3.63, 3.8) is 0 Å². The molecule has 0 bridgehead atoms. The number of hydrogen-bond acceptors (Lipinski definition) is 4. The number of nitrogens with one attached hydrogen (secondary N) is 1. The van der Waals surface area contributed by atoms with Crippen LogP contribution in [0.15, 0.2) is 23.1 Å². The van der Waals surface area contributed by atoms with Gasteiger partial charge in [0.05, 0.1) is 11.4 Å². The summed E-state index contributed by atoms with van der Waals surface area (Å²) in [5, 5.41) is 2.86.